The Morgan fingerprint density at radius 3 is 2.94 bits per heavy atom. The predicted molar refractivity (Wildman–Crippen MR) is 59.9 cm³/mol. The Morgan fingerprint density at radius 2 is 2.25 bits per heavy atom. The van der Waals surface area contributed by atoms with Crippen LogP contribution in [0.1, 0.15) is 24.5 Å². The first-order chi connectivity index (χ1) is 7.70. The number of ether oxygens (including phenoxy) is 1. The SMILES string of the molecule is OCC1CCCOC1c1cc(F)cc(Cl)c1. The first-order valence-corrected chi connectivity index (χ1v) is 5.77. The molecule has 0 radical (unpaired) electrons. The quantitative estimate of drug-likeness (QED) is 0.867. The normalized spacial score (nSPS) is 25.7. The highest BCUT2D eigenvalue weighted by Crippen LogP contribution is 2.34. The molecule has 0 spiro atoms. The van der Waals surface area contributed by atoms with Crippen LogP contribution in [-0.2, 0) is 4.74 Å². The lowest BCUT2D eigenvalue weighted by Gasteiger charge is -2.30. The van der Waals surface area contributed by atoms with Crippen molar-refractivity contribution in [2.24, 2.45) is 5.92 Å². The minimum Gasteiger partial charge on any atom is -0.396 e. The molecular weight excluding hydrogens is 231 g/mol. The average molecular weight is 245 g/mol. The zero-order valence-electron chi connectivity index (χ0n) is 8.83. The summed E-state index contributed by atoms with van der Waals surface area (Å²) in [6.45, 7) is 0.702. The Bertz CT molecular complexity index is 350. The summed E-state index contributed by atoms with van der Waals surface area (Å²) >= 11 is 5.80. The molecule has 2 atom stereocenters. The molecule has 1 saturated heterocycles. The van der Waals surface area contributed by atoms with Crippen LogP contribution >= 0.6 is 11.6 Å². The van der Waals surface area contributed by atoms with E-state index in [2.05, 4.69) is 0 Å². The van der Waals surface area contributed by atoms with Gasteiger partial charge >= 0.3 is 0 Å². The molecule has 1 heterocycles. The van der Waals surface area contributed by atoms with Crippen LogP contribution < -0.4 is 0 Å². The van der Waals surface area contributed by atoms with Crippen molar-refractivity contribution in [1.29, 1.82) is 0 Å². The number of hydrogen-bond donors (Lipinski definition) is 1. The van der Waals surface area contributed by atoms with Crippen LogP contribution in [0.2, 0.25) is 5.02 Å². The molecule has 2 unspecified atom stereocenters. The molecule has 1 aromatic carbocycles. The van der Waals surface area contributed by atoms with E-state index in [4.69, 9.17) is 16.3 Å². The maximum atomic E-state index is 13.2. The van der Waals surface area contributed by atoms with Gasteiger partial charge in [-0.2, -0.15) is 0 Å². The zero-order chi connectivity index (χ0) is 11.5. The van der Waals surface area contributed by atoms with Gasteiger partial charge in [0, 0.05) is 24.2 Å². The number of benzene rings is 1. The molecule has 88 valence electrons. The topological polar surface area (TPSA) is 29.5 Å². The van der Waals surface area contributed by atoms with Gasteiger partial charge in [-0.25, -0.2) is 4.39 Å². The fraction of sp³-hybridized carbons (Fsp3) is 0.500. The number of aliphatic hydroxyl groups is 1. The van der Waals surface area contributed by atoms with Gasteiger partial charge in [-0.15, -0.1) is 0 Å². The fourth-order valence-electron chi connectivity index (χ4n) is 2.14. The van der Waals surface area contributed by atoms with Gasteiger partial charge in [0.1, 0.15) is 5.82 Å². The van der Waals surface area contributed by atoms with Crippen LogP contribution in [0.5, 0.6) is 0 Å². The number of aliphatic hydroxyl groups excluding tert-OH is 1. The highest BCUT2D eigenvalue weighted by Gasteiger charge is 2.27. The van der Waals surface area contributed by atoms with Crippen molar-refractivity contribution in [3.05, 3.63) is 34.6 Å². The molecule has 1 aromatic rings. The molecule has 4 heteroatoms. The molecule has 1 fully saturated rings. The van der Waals surface area contributed by atoms with E-state index in [0.717, 1.165) is 12.8 Å². The Labute approximate surface area is 99.0 Å². The first kappa shape index (κ1) is 11.8. The van der Waals surface area contributed by atoms with Crippen molar-refractivity contribution < 1.29 is 14.2 Å². The molecule has 2 rings (SSSR count). The zero-order valence-corrected chi connectivity index (χ0v) is 9.58. The van der Waals surface area contributed by atoms with Gasteiger partial charge in [0.25, 0.3) is 0 Å². The van der Waals surface area contributed by atoms with Crippen LogP contribution in [0, 0.1) is 11.7 Å². The van der Waals surface area contributed by atoms with E-state index in [1.54, 1.807) is 6.07 Å². The van der Waals surface area contributed by atoms with Crippen molar-refractivity contribution in [1.82, 2.24) is 0 Å². The van der Waals surface area contributed by atoms with Crippen LogP contribution in [0.15, 0.2) is 18.2 Å². The minimum absolute atomic E-state index is 0.0339. The van der Waals surface area contributed by atoms with Gasteiger partial charge < -0.3 is 9.84 Å². The van der Waals surface area contributed by atoms with E-state index in [0.29, 0.717) is 17.2 Å². The largest absolute Gasteiger partial charge is 0.396 e. The summed E-state index contributed by atoms with van der Waals surface area (Å²) in [4.78, 5) is 0. The molecule has 0 amide bonds. The molecule has 0 aromatic heterocycles. The Hall–Kier alpha value is -0.640. The molecule has 1 N–H and O–H groups in total. The molecule has 0 saturated carbocycles. The van der Waals surface area contributed by atoms with Gasteiger partial charge in [0.15, 0.2) is 0 Å². The van der Waals surface area contributed by atoms with Gasteiger partial charge in [0.05, 0.1) is 6.10 Å². The standard InChI is InChI=1S/C12H14ClFO2/c13-10-4-9(5-11(14)6-10)12-8(7-15)2-1-3-16-12/h4-6,8,12,15H,1-3,7H2. The fourth-order valence-corrected chi connectivity index (χ4v) is 2.37. The van der Waals surface area contributed by atoms with E-state index in [1.165, 1.54) is 12.1 Å². The van der Waals surface area contributed by atoms with Crippen LogP contribution in [0.25, 0.3) is 0 Å². The third kappa shape index (κ3) is 2.54. The van der Waals surface area contributed by atoms with Crippen LogP contribution in [0.4, 0.5) is 4.39 Å². The van der Waals surface area contributed by atoms with E-state index in [1.807, 2.05) is 0 Å². The van der Waals surface area contributed by atoms with Crippen molar-refractivity contribution >= 4 is 11.6 Å². The summed E-state index contributed by atoms with van der Waals surface area (Å²) < 4.78 is 18.8. The number of rotatable bonds is 2. The highest BCUT2D eigenvalue weighted by molar-refractivity contribution is 6.30. The first-order valence-electron chi connectivity index (χ1n) is 5.39. The summed E-state index contributed by atoms with van der Waals surface area (Å²) in [7, 11) is 0. The smallest absolute Gasteiger partial charge is 0.125 e. The number of hydrogen-bond acceptors (Lipinski definition) is 2. The van der Waals surface area contributed by atoms with E-state index in [9.17, 15) is 9.50 Å². The van der Waals surface area contributed by atoms with Crippen molar-refractivity contribution in [3.63, 3.8) is 0 Å². The molecular formula is C12H14ClFO2. The monoisotopic (exact) mass is 244 g/mol. The summed E-state index contributed by atoms with van der Waals surface area (Å²) in [6.07, 6.45) is 1.59. The van der Waals surface area contributed by atoms with Gasteiger partial charge in [-0.3, -0.25) is 0 Å². The van der Waals surface area contributed by atoms with E-state index < -0.39 is 0 Å². The van der Waals surface area contributed by atoms with Crippen LogP contribution in [-0.4, -0.2) is 18.3 Å². The van der Waals surface area contributed by atoms with E-state index >= 15 is 0 Å². The second-order valence-corrected chi connectivity index (χ2v) is 4.52. The third-order valence-electron chi connectivity index (χ3n) is 2.89. The molecule has 1 aliphatic heterocycles. The summed E-state index contributed by atoms with van der Waals surface area (Å²) in [5, 5.41) is 9.62. The molecule has 0 aliphatic carbocycles. The number of halogens is 2. The maximum Gasteiger partial charge on any atom is 0.125 e. The Balaban J connectivity index is 2.26. The van der Waals surface area contributed by atoms with Gasteiger partial charge in [-0.1, -0.05) is 11.6 Å². The lowest BCUT2D eigenvalue weighted by atomic mass is 9.90. The predicted octanol–water partition coefficient (Wildman–Crippen LogP) is 2.94. The van der Waals surface area contributed by atoms with E-state index in [-0.39, 0.29) is 24.4 Å². The second-order valence-electron chi connectivity index (χ2n) is 4.08. The average Bonchev–Trinajstić information content (AvgIpc) is 2.27. The van der Waals surface area contributed by atoms with Crippen molar-refractivity contribution in [3.8, 4) is 0 Å². The van der Waals surface area contributed by atoms with Crippen molar-refractivity contribution in [2.75, 3.05) is 13.2 Å². The lowest BCUT2D eigenvalue weighted by molar-refractivity contribution is -0.0458. The maximum absolute atomic E-state index is 13.2. The van der Waals surface area contributed by atoms with Gasteiger partial charge in [-0.05, 0) is 36.6 Å². The molecule has 1 aliphatic rings. The summed E-state index contributed by atoms with van der Waals surface area (Å²) in [6, 6.07) is 4.38. The highest BCUT2D eigenvalue weighted by atomic mass is 35.5. The van der Waals surface area contributed by atoms with Crippen molar-refractivity contribution in [2.45, 2.75) is 18.9 Å². The lowest BCUT2D eigenvalue weighted by Crippen LogP contribution is -2.25. The van der Waals surface area contributed by atoms with Gasteiger partial charge in [0.2, 0.25) is 0 Å². The molecule has 2 nitrogen and oxygen atoms in total. The van der Waals surface area contributed by atoms with Crippen LogP contribution in [0.3, 0.4) is 0 Å². The minimum atomic E-state index is -0.367. The third-order valence-corrected chi connectivity index (χ3v) is 3.11. The molecule has 16 heavy (non-hydrogen) atoms. The summed E-state index contributed by atoms with van der Waals surface area (Å²) in [5.74, 6) is -0.333. The molecule has 0 bridgehead atoms. The summed E-state index contributed by atoms with van der Waals surface area (Å²) in [5.41, 5.74) is 0.712. The Kier molecular flexibility index (Phi) is 3.79. The Morgan fingerprint density at radius 1 is 1.44 bits per heavy atom. The second kappa shape index (κ2) is 5.13.